The van der Waals surface area contributed by atoms with E-state index < -0.39 is 29.1 Å². The summed E-state index contributed by atoms with van der Waals surface area (Å²) in [6, 6.07) is 0. The van der Waals surface area contributed by atoms with Gasteiger partial charge in [0.05, 0.1) is 11.8 Å². The van der Waals surface area contributed by atoms with Crippen molar-refractivity contribution < 1.29 is 27.5 Å². The molecular weight excluding hydrogens is 206 g/mol. The number of nitrogens with zero attached hydrogens (tertiary/aromatic N) is 1. The van der Waals surface area contributed by atoms with Crippen LogP contribution in [0.25, 0.3) is 0 Å². The van der Waals surface area contributed by atoms with Gasteiger partial charge in [-0.15, -0.1) is 0 Å². The van der Waals surface area contributed by atoms with Gasteiger partial charge in [-0.25, -0.2) is 9.18 Å². The summed E-state index contributed by atoms with van der Waals surface area (Å²) in [6.45, 7) is 0. The summed E-state index contributed by atoms with van der Waals surface area (Å²) in [5.74, 6) is -3.48. The van der Waals surface area contributed by atoms with Crippen LogP contribution in [0.1, 0.15) is 15.9 Å². The van der Waals surface area contributed by atoms with Gasteiger partial charge < -0.3 is 5.11 Å². The summed E-state index contributed by atoms with van der Waals surface area (Å²) in [4.78, 5) is 13.3. The molecule has 0 fully saturated rings. The van der Waals surface area contributed by atoms with Crippen LogP contribution in [0, 0.1) is 5.82 Å². The predicted octanol–water partition coefficient (Wildman–Crippen LogP) is 1.94. The minimum absolute atomic E-state index is 0.270. The van der Waals surface area contributed by atoms with Crippen LogP contribution < -0.4 is 0 Å². The van der Waals surface area contributed by atoms with Crippen LogP contribution in [-0.2, 0) is 6.18 Å². The molecule has 0 saturated carbocycles. The van der Waals surface area contributed by atoms with E-state index in [1.165, 1.54) is 0 Å². The monoisotopic (exact) mass is 209 g/mol. The highest BCUT2D eigenvalue weighted by Gasteiger charge is 2.37. The summed E-state index contributed by atoms with van der Waals surface area (Å²) in [6.07, 6.45) is -4.24. The SMILES string of the molecule is O=C(O)c1c(F)cncc1C(F)(F)F. The van der Waals surface area contributed by atoms with Crippen LogP contribution >= 0.6 is 0 Å². The van der Waals surface area contributed by atoms with Crippen molar-refractivity contribution in [3.63, 3.8) is 0 Å². The van der Waals surface area contributed by atoms with Crippen LogP contribution in [-0.4, -0.2) is 16.1 Å². The molecule has 0 aliphatic rings. The topological polar surface area (TPSA) is 50.2 Å². The van der Waals surface area contributed by atoms with Gasteiger partial charge in [-0.2, -0.15) is 13.2 Å². The van der Waals surface area contributed by atoms with Crippen molar-refractivity contribution in [3.05, 3.63) is 29.3 Å². The molecule has 14 heavy (non-hydrogen) atoms. The fourth-order valence-electron chi connectivity index (χ4n) is 0.867. The van der Waals surface area contributed by atoms with Crippen LogP contribution in [0.2, 0.25) is 0 Å². The molecule has 1 heterocycles. The molecule has 0 amide bonds. The second-order valence-electron chi connectivity index (χ2n) is 2.35. The third kappa shape index (κ3) is 1.81. The van der Waals surface area contributed by atoms with Gasteiger partial charge in [0.2, 0.25) is 0 Å². The van der Waals surface area contributed by atoms with Crippen LogP contribution in [0.3, 0.4) is 0 Å². The molecular formula is C7H3F4NO2. The average molecular weight is 209 g/mol. The summed E-state index contributed by atoms with van der Waals surface area (Å²) in [5.41, 5.74) is -3.00. The Hall–Kier alpha value is -1.66. The van der Waals surface area contributed by atoms with E-state index in [1.54, 1.807) is 0 Å². The summed E-state index contributed by atoms with van der Waals surface area (Å²) in [7, 11) is 0. The van der Waals surface area contributed by atoms with Crippen molar-refractivity contribution in [2.45, 2.75) is 6.18 Å². The molecule has 3 nitrogen and oxygen atoms in total. The van der Waals surface area contributed by atoms with E-state index in [9.17, 15) is 22.4 Å². The highest BCUT2D eigenvalue weighted by molar-refractivity contribution is 5.89. The number of hydrogen-bond acceptors (Lipinski definition) is 2. The molecule has 1 N–H and O–H groups in total. The first-order chi connectivity index (χ1) is 6.34. The molecule has 7 heteroatoms. The molecule has 0 unspecified atom stereocenters. The number of alkyl halides is 3. The van der Waals surface area contributed by atoms with Gasteiger partial charge >= 0.3 is 12.1 Å². The third-order valence-electron chi connectivity index (χ3n) is 1.42. The Bertz CT molecular complexity index is 374. The Morgan fingerprint density at radius 1 is 1.36 bits per heavy atom. The minimum Gasteiger partial charge on any atom is -0.478 e. The van der Waals surface area contributed by atoms with E-state index in [0.717, 1.165) is 0 Å². The first-order valence-electron chi connectivity index (χ1n) is 3.28. The zero-order valence-electron chi connectivity index (χ0n) is 6.47. The number of carbonyl (C=O) groups is 1. The summed E-state index contributed by atoms with van der Waals surface area (Å²) >= 11 is 0. The van der Waals surface area contributed by atoms with E-state index in [1.807, 2.05) is 0 Å². The molecule has 1 aromatic heterocycles. The van der Waals surface area contributed by atoms with Crippen LogP contribution in [0.4, 0.5) is 17.6 Å². The van der Waals surface area contributed by atoms with Crippen LogP contribution in [0.15, 0.2) is 12.4 Å². The van der Waals surface area contributed by atoms with Gasteiger partial charge in [0, 0.05) is 6.20 Å². The molecule has 1 aromatic rings. The van der Waals surface area contributed by atoms with Gasteiger partial charge in [-0.3, -0.25) is 4.98 Å². The van der Waals surface area contributed by atoms with E-state index in [4.69, 9.17) is 5.11 Å². The van der Waals surface area contributed by atoms with Gasteiger partial charge in [0.15, 0.2) is 5.82 Å². The van der Waals surface area contributed by atoms with Crippen molar-refractivity contribution >= 4 is 5.97 Å². The standard InChI is InChI=1S/C7H3F4NO2/c8-4-2-12-1-3(7(9,10)11)5(4)6(13)14/h1-2H,(H,13,14). The maximum atomic E-state index is 12.7. The molecule has 0 spiro atoms. The number of carboxylic acids is 1. The van der Waals surface area contributed by atoms with Gasteiger partial charge in [-0.05, 0) is 0 Å². The lowest BCUT2D eigenvalue weighted by atomic mass is 10.1. The number of aromatic carboxylic acids is 1. The average Bonchev–Trinajstić information content (AvgIpc) is 2.01. The molecule has 0 aliphatic carbocycles. The molecule has 76 valence electrons. The lowest BCUT2D eigenvalue weighted by molar-refractivity contribution is -0.138. The summed E-state index contributed by atoms with van der Waals surface area (Å²) < 4.78 is 49.0. The highest BCUT2D eigenvalue weighted by Crippen LogP contribution is 2.32. The number of carboxylic acid groups (broad SMARTS) is 1. The van der Waals surface area contributed by atoms with Crippen molar-refractivity contribution in [3.8, 4) is 0 Å². The lowest BCUT2D eigenvalue weighted by Crippen LogP contribution is -2.15. The Labute approximate surface area is 75.0 Å². The molecule has 0 bridgehead atoms. The van der Waals surface area contributed by atoms with E-state index >= 15 is 0 Å². The lowest BCUT2D eigenvalue weighted by Gasteiger charge is -2.09. The smallest absolute Gasteiger partial charge is 0.418 e. The first-order valence-corrected chi connectivity index (χ1v) is 3.28. The molecule has 0 aliphatic heterocycles. The van der Waals surface area contributed by atoms with Gasteiger partial charge in [-0.1, -0.05) is 0 Å². The number of aromatic nitrogens is 1. The maximum Gasteiger partial charge on any atom is 0.418 e. The molecule has 0 radical (unpaired) electrons. The number of rotatable bonds is 1. The summed E-state index contributed by atoms with van der Waals surface area (Å²) in [5, 5.41) is 8.34. The zero-order chi connectivity index (χ0) is 10.9. The van der Waals surface area contributed by atoms with Crippen molar-refractivity contribution in [1.29, 1.82) is 0 Å². The quantitative estimate of drug-likeness (QED) is 0.719. The van der Waals surface area contributed by atoms with Gasteiger partial charge in [0.1, 0.15) is 5.56 Å². The zero-order valence-corrected chi connectivity index (χ0v) is 6.47. The highest BCUT2D eigenvalue weighted by atomic mass is 19.4. The normalized spacial score (nSPS) is 11.4. The Morgan fingerprint density at radius 3 is 2.29 bits per heavy atom. The Balaban J connectivity index is 3.44. The number of halogens is 4. The Kier molecular flexibility index (Phi) is 2.41. The largest absolute Gasteiger partial charge is 0.478 e. The van der Waals surface area contributed by atoms with E-state index in [0.29, 0.717) is 6.20 Å². The Morgan fingerprint density at radius 2 is 1.93 bits per heavy atom. The predicted molar refractivity (Wildman–Crippen MR) is 36.2 cm³/mol. The van der Waals surface area contributed by atoms with E-state index in [2.05, 4.69) is 4.98 Å². The molecule has 0 aromatic carbocycles. The second-order valence-corrected chi connectivity index (χ2v) is 2.35. The van der Waals surface area contributed by atoms with Crippen molar-refractivity contribution in [2.75, 3.05) is 0 Å². The minimum atomic E-state index is -4.93. The van der Waals surface area contributed by atoms with Crippen LogP contribution in [0.5, 0.6) is 0 Å². The van der Waals surface area contributed by atoms with E-state index in [-0.39, 0.29) is 6.20 Å². The molecule has 0 atom stereocenters. The number of hydrogen-bond donors (Lipinski definition) is 1. The van der Waals surface area contributed by atoms with Crippen molar-refractivity contribution in [1.82, 2.24) is 4.98 Å². The molecule has 1 rings (SSSR count). The third-order valence-corrected chi connectivity index (χ3v) is 1.42. The van der Waals surface area contributed by atoms with Crippen molar-refractivity contribution in [2.24, 2.45) is 0 Å². The number of pyridine rings is 1. The first kappa shape index (κ1) is 10.4. The second kappa shape index (κ2) is 3.24. The molecule has 0 saturated heterocycles. The fourth-order valence-corrected chi connectivity index (χ4v) is 0.867. The fraction of sp³-hybridized carbons (Fsp3) is 0.143. The maximum absolute atomic E-state index is 12.7. The van der Waals surface area contributed by atoms with Gasteiger partial charge in [0.25, 0.3) is 0 Å².